The highest BCUT2D eigenvalue weighted by Gasteiger charge is 2.45. The summed E-state index contributed by atoms with van der Waals surface area (Å²) in [7, 11) is 0. The number of nitrogens with one attached hydrogen (secondary N) is 1. The van der Waals surface area contributed by atoms with E-state index in [-0.39, 0.29) is 0 Å². The maximum Gasteiger partial charge on any atom is -0.00125 e. The average molecular weight is 277 g/mol. The highest BCUT2D eigenvalue weighted by atomic mass is 14.9. The van der Waals surface area contributed by atoms with Crippen molar-refractivity contribution in [3.05, 3.63) is 0 Å². The van der Waals surface area contributed by atoms with Crippen LogP contribution in [0.3, 0.4) is 0 Å². The van der Waals surface area contributed by atoms with Crippen molar-refractivity contribution in [1.29, 1.82) is 0 Å². The largest absolute Gasteiger partial charge is 0.316 e. The molecule has 3 fully saturated rings. The van der Waals surface area contributed by atoms with Crippen molar-refractivity contribution in [2.75, 3.05) is 13.1 Å². The van der Waals surface area contributed by atoms with Gasteiger partial charge in [0.2, 0.25) is 0 Å². The fraction of sp³-hybridized carbons (Fsp3) is 1.00. The summed E-state index contributed by atoms with van der Waals surface area (Å²) in [4.78, 5) is 0. The van der Waals surface area contributed by atoms with Crippen molar-refractivity contribution in [2.45, 2.75) is 84.0 Å². The Kier molecular flexibility index (Phi) is 5.07. The Morgan fingerprint density at radius 1 is 0.950 bits per heavy atom. The van der Waals surface area contributed by atoms with Crippen molar-refractivity contribution in [3.8, 4) is 0 Å². The second-order valence-corrected chi connectivity index (χ2v) is 8.05. The molecule has 1 heteroatoms. The van der Waals surface area contributed by atoms with Gasteiger partial charge < -0.3 is 5.32 Å². The molecule has 0 aromatic carbocycles. The van der Waals surface area contributed by atoms with E-state index in [1.54, 1.807) is 12.8 Å². The van der Waals surface area contributed by atoms with Gasteiger partial charge in [0.15, 0.2) is 0 Å². The van der Waals surface area contributed by atoms with Gasteiger partial charge in [0.05, 0.1) is 0 Å². The Balaban J connectivity index is 1.69. The van der Waals surface area contributed by atoms with E-state index in [4.69, 9.17) is 0 Å². The van der Waals surface area contributed by atoms with Crippen LogP contribution >= 0.6 is 0 Å². The minimum absolute atomic E-state index is 0.739. The molecule has 0 radical (unpaired) electrons. The fourth-order valence-corrected chi connectivity index (χ4v) is 5.84. The molecule has 0 amide bonds. The summed E-state index contributed by atoms with van der Waals surface area (Å²) in [5, 5.41) is 3.74. The van der Waals surface area contributed by atoms with Gasteiger partial charge in [-0.15, -0.1) is 0 Å². The molecular weight excluding hydrogens is 242 g/mol. The molecule has 1 saturated heterocycles. The quantitative estimate of drug-likeness (QED) is 0.752. The highest BCUT2D eigenvalue weighted by molar-refractivity contribution is 4.97. The van der Waals surface area contributed by atoms with E-state index in [9.17, 15) is 0 Å². The second kappa shape index (κ2) is 6.81. The van der Waals surface area contributed by atoms with E-state index < -0.39 is 0 Å². The predicted molar refractivity (Wildman–Crippen MR) is 86.9 cm³/mol. The predicted octanol–water partition coefficient (Wildman–Crippen LogP) is 5.15. The summed E-state index contributed by atoms with van der Waals surface area (Å²) in [5.74, 6) is 3.13. The normalized spacial score (nSPS) is 40.0. The van der Waals surface area contributed by atoms with Gasteiger partial charge in [0.1, 0.15) is 0 Å². The van der Waals surface area contributed by atoms with Crippen molar-refractivity contribution in [2.24, 2.45) is 23.2 Å². The minimum atomic E-state index is 0.739. The Hall–Kier alpha value is -0.0400. The second-order valence-electron chi connectivity index (χ2n) is 8.05. The number of rotatable bonds is 3. The third kappa shape index (κ3) is 3.08. The first kappa shape index (κ1) is 14.9. The van der Waals surface area contributed by atoms with Crippen LogP contribution in [0.4, 0.5) is 0 Å². The van der Waals surface area contributed by atoms with Crippen LogP contribution in [0.1, 0.15) is 84.0 Å². The lowest BCUT2D eigenvalue weighted by Crippen LogP contribution is -2.47. The maximum atomic E-state index is 3.74. The molecule has 0 bridgehead atoms. The number of piperidine rings is 1. The molecule has 0 aromatic rings. The van der Waals surface area contributed by atoms with Crippen LogP contribution in [0.2, 0.25) is 0 Å². The standard InChI is InChI=1S/C19H35N/c1-2-6-16-7-5-11-19(12-10-16)13-14-20-15-18(19)17-8-3-4-9-17/h16-18,20H,2-15H2,1H3. The zero-order valence-electron chi connectivity index (χ0n) is 13.6. The molecule has 1 spiro atoms. The Morgan fingerprint density at radius 3 is 2.60 bits per heavy atom. The molecule has 3 atom stereocenters. The van der Waals surface area contributed by atoms with Gasteiger partial charge in [-0.05, 0) is 61.9 Å². The molecular formula is C19H35N. The van der Waals surface area contributed by atoms with Crippen LogP contribution < -0.4 is 5.32 Å². The first-order chi connectivity index (χ1) is 9.84. The van der Waals surface area contributed by atoms with Crippen LogP contribution in [-0.4, -0.2) is 13.1 Å². The Morgan fingerprint density at radius 2 is 1.80 bits per heavy atom. The molecule has 2 aliphatic carbocycles. The molecule has 3 rings (SSSR count). The van der Waals surface area contributed by atoms with Crippen molar-refractivity contribution >= 4 is 0 Å². The number of hydrogen-bond donors (Lipinski definition) is 1. The molecule has 1 nitrogen and oxygen atoms in total. The summed E-state index contributed by atoms with van der Waals surface area (Å²) in [5.41, 5.74) is 0.739. The van der Waals surface area contributed by atoms with Gasteiger partial charge in [-0.3, -0.25) is 0 Å². The van der Waals surface area contributed by atoms with E-state index in [1.807, 2.05) is 0 Å². The van der Waals surface area contributed by atoms with Gasteiger partial charge in [-0.1, -0.05) is 58.3 Å². The van der Waals surface area contributed by atoms with Gasteiger partial charge in [-0.25, -0.2) is 0 Å². The molecule has 0 aromatic heterocycles. The average Bonchev–Trinajstić information content (AvgIpc) is 2.92. The van der Waals surface area contributed by atoms with E-state index in [1.165, 1.54) is 77.3 Å². The molecule has 20 heavy (non-hydrogen) atoms. The lowest BCUT2D eigenvalue weighted by molar-refractivity contribution is 0.0429. The van der Waals surface area contributed by atoms with Crippen molar-refractivity contribution < 1.29 is 0 Å². The van der Waals surface area contributed by atoms with E-state index >= 15 is 0 Å². The third-order valence-corrected chi connectivity index (χ3v) is 6.95. The van der Waals surface area contributed by atoms with Gasteiger partial charge in [-0.2, -0.15) is 0 Å². The maximum absolute atomic E-state index is 3.74. The molecule has 1 N–H and O–H groups in total. The van der Waals surface area contributed by atoms with Crippen molar-refractivity contribution in [3.63, 3.8) is 0 Å². The molecule has 3 aliphatic rings. The van der Waals surface area contributed by atoms with Crippen molar-refractivity contribution in [1.82, 2.24) is 5.32 Å². The first-order valence-corrected chi connectivity index (χ1v) is 9.55. The van der Waals surface area contributed by atoms with Crippen LogP contribution in [0.15, 0.2) is 0 Å². The van der Waals surface area contributed by atoms with Gasteiger partial charge in [0.25, 0.3) is 0 Å². The topological polar surface area (TPSA) is 12.0 Å². The van der Waals surface area contributed by atoms with Gasteiger partial charge >= 0.3 is 0 Å². The van der Waals surface area contributed by atoms with Gasteiger partial charge in [0, 0.05) is 0 Å². The van der Waals surface area contributed by atoms with E-state index in [2.05, 4.69) is 12.2 Å². The molecule has 2 saturated carbocycles. The molecule has 1 heterocycles. The van der Waals surface area contributed by atoms with Crippen LogP contribution in [0, 0.1) is 23.2 Å². The highest BCUT2D eigenvalue weighted by Crippen LogP contribution is 2.52. The molecule has 116 valence electrons. The molecule has 1 aliphatic heterocycles. The summed E-state index contributed by atoms with van der Waals surface area (Å²) < 4.78 is 0. The smallest absolute Gasteiger partial charge is 0.00125 e. The zero-order valence-corrected chi connectivity index (χ0v) is 13.6. The summed E-state index contributed by atoms with van der Waals surface area (Å²) >= 11 is 0. The zero-order chi connectivity index (χ0) is 13.8. The van der Waals surface area contributed by atoms with E-state index in [0.717, 1.165) is 23.2 Å². The van der Waals surface area contributed by atoms with E-state index in [0.29, 0.717) is 0 Å². The summed E-state index contributed by atoms with van der Waals surface area (Å²) in [6, 6.07) is 0. The minimum Gasteiger partial charge on any atom is -0.316 e. The van der Waals surface area contributed by atoms with Crippen LogP contribution in [0.5, 0.6) is 0 Å². The SMILES string of the molecule is CCCC1CCCC2(CCNCC2C2CCCC2)CC1. The lowest BCUT2D eigenvalue weighted by Gasteiger charge is -2.47. The summed E-state index contributed by atoms with van der Waals surface area (Å²) in [6.07, 6.45) is 18.1. The first-order valence-electron chi connectivity index (χ1n) is 9.55. The summed E-state index contributed by atoms with van der Waals surface area (Å²) in [6.45, 7) is 5.00. The molecule has 3 unspecified atom stereocenters. The van der Waals surface area contributed by atoms with Crippen LogP contribution in [-0.2, 0) is 0 Å². The monoisotopic (exact) mass is 277 g/mol. The fourth-order valence-electron chi connectivity index (χ4n) is 5.84. The Labute approximate surface area is 126 Å². The third-order valence-electron chi connectivity index (χ3n) is 6.95. The Bertz CT molecular complexity index is 294. The van der Waals surface area contributed by atoms with Crippen LogP contribution in [0.25, 0.3) is 0 Å². The number of hydrogen-bond acceptors (Lipinski definition) is 1. The lowest BCUT2D eigenvalue weighted by atomic mass is 9.61.